The van der Waals surface area contributed by atoms with Crippen molar-refractivity contribution in [3.63, 3.8) is 0 Å². The molecular weight excluding hydrogens is 219 g/mol. The van der Waals surface area contributed by atoms with Crippen LogP contribution in [0.5, 0.6) is 0 Å². The summed E-state index contributed by atoms with van der Waals surface area (Å²) >= 11 is 2.03. The second-order valence-electron chi connectivity index (χ2n) is 5.56. The number of hydrogen-bond donors (Lipinski definition) is 0. The standard InChI is InChI=1S/C12H21BO2S/c1-11(2)12(3,4)15-13(14-11)9-10-5-7-16-8-6-10/h9H,5-8H2,1-4H3. The number of hydrogen-bond acceptors (Lipinski definition) is 3. The van der Waals surface area contributed by atoms with Gasteiger partial charge in [-0.25, -0.2) is 0 Å². The first-order chi connectivity index (χ1) is 7.41. The zero-order chi connectivity index (χ0) is 11.8. The van der Waals surface area contributed by atoms with E-state index in [1.807, 2.05) is 11.8 Å². The molecule has 16 heavy (non-hydrogen) atoms. The first-order valence-corrected chi connectivity index (χ1v) is 7.19. The Morgan fingerprint density at radius 2 is 1.56 bits per heavy atom. The summed E-state index contributed by atoms with van der Waals surface area (Å²) in [6.07, 6.45) is 2.38. The average Bonchev–Trinajstić information content (AvgIpc) is 2.36. The summed E-state index contributed by atoms with van der Waals surface area (Å²) in [5.74, 6) is 4.67. The van der Waals surface area contributed by atoms with Crippen LogP contribution in [0.3, 0.4) is 0 Å². The van der Waals surface area contributed by atoms with Gasteiger partial charge in [-0.2, -0.15) is 11.8 Å². The van der Waals surface area contributed by atoms with Gasteiger partial charge in [-0.1, -0.05) is 11.5 Å². The molecule has 2 rings (SSSR count). The molecule has 0 radical (unpaired) electrons. The first kappa shape index (κ1) is 12.5. The summed E-state index contributed by atoms with van der Waals surface area (Å²) in [5, 5.41) is 0. The second kappa shape index (κ2) is 4.39. The average molecular weight is 240 g/mol. The van der Waals surface area contributed by atoms with Gasteiger partial charge in [-0.15, -0.1) is 0 Å². The van der Waals surface area contributed by atoms with Crippen LogP contribution in [-0.4, -0.2) is 29.8 Å². The largest absolute Gasteiger partial charge is 0.487 e. The molecule has 0 N–H and O–H groups in total. The van der Waals surface area contributed by atoms with Gasteiger partial charge in [0, 0.05) is 0 Å². The minimum atomic E-state index is -0.210. The Morgan fingerprint density at radius 3 is 2.06 bits per heavy atom. The molecule has 0 spiro atoms. The minimum Gasteiger partial charge on any atom is -0.400 e. The minimum absolute atomic E-state index is 0.150. The molecule has 0 amide bonds. The van der Waals surface area contributed by atoms with Crippen LogP contribution >= 0.6 is 11.8 Å². The molecule has 0 bridgehead atoms. The molecule has 2 saturated heterocycles. The van der Waals surface area contributed by atoms with E-state index in [1.165, 1.54) is 29.9 Å². The van der Waals surface area contributed by atoms with Gasteiger partial charge in [0.1, 0.15) is 0 Å². The molecule has 4 heteroatoms. The maximum atomic E-state index is 5.96. The Hall–Kier alpha value is 0.0749. The van der Waals surface area contributed by atoms with Crippen molar-refractivity contribution in [2.45, 2.75) is 51.7 Å². The highest BCUT2D eigenvalue weighted by atomic mass is 32.2. The Balaban J connectivity index is 2.03. The smallest absolute Gasteiger partial charge is 0.400 e. The van der Waals surface area contributed by atoms with Crippen molar-refractivity contribution in [1.29, 1.82) is 0 Å². The molecular formula is C12H21BO2S. The first-order valence-electron chi connectivity index (χ1n) is 6.04. The molecule has 2 aliphatic rings. The quantitative estimate of drug-likeness (QED) is 0.656. The fourth-order valence-electron chi connectivity index (χ4n) is 1.95. The molecule has 2 heterocycles. The number of thioether (sulfide) groups is 1. The zero-order valence-corrected chi connectivity index (χ0v) is 11.5. The molecule has 0 atom stereocenters. The van der Waals surface area contributed by atoms with E-state index < -0.39 is 0 Å². The van der Waals surface area contributed by atoms with E-state index in [-0.39, 0.29) is 18.3 Å². The maximum Gasteiger partial charge on any atom is 0.487 e. The summed E-state index contributed by atoms with van der Waals surface area (Å²) in [6, 6.07) is 0. The normalized spacial score (nSPS) is 28.2. The monoisotopic (exact) mass is 240 g/mol. The Bertz CT molecular complexity index is 275. The van der Waals surface area contributed by atoms with Gasteiger partial charge in [0.2, 0.25) is 0 Å². The van der Waals surface area contributed by atoms with E-state index >= 15 is 0 Å². The molecule has 0 unspecified atom stereocenters. The van der Waals surface area contributed by atoms with Gasteiger partial charge in [-0.05, 0) is 52.0 Å². The molecule has 0 aromatic heterocycles. The van der Waals surface area contributed by atoms with Crippen molar-refractivity contribution < 1.29 is 9.31 Å². The Kier molecular flexibility index (Phi) is 3.44. The lowest BCUT2D eigenvalue weighted by atomic mass is 9.85. The molecule has 90 valence electrons. The van der Waals surface area contributed by atoms with Crippen LogP contribution in [0, 0.1) is 0 Å². The van der Waals surface area contributed by atoms with Crippen molar-refractivity contribution in [3.05, 3.63) is 11.5 Å². The summed E-state index contributed by atoms with van der Waals surface area (Å²) in [5.41, 5.74) is 1.08. The van der Waals surface area contributed by atoms with Crippen molar-refractivity contribution in [3.8, 4) is 0 Å². The molecule has 0 aliphatic carbocycles. The van der Waals surface area contributed by atoms with Crippen LogP contribution in [0.15, 0.2) is 11.5 Å². The van der Waals surface area contributed by atoms with Crippen LogP contribution in [0.4, 0.5) is 0 Å². The van der Waals surface area contributed by atoms with Crippen LogP contribution in [0.25, 0.3) is 0 Å². The molecule has 0 aromatic rings. The topological polar surface area (TPSA) is 18.5 Å². The Morgan fingerprint density at radius 1 is 1.06 bits per heavy atom. The predicted molar refractivity (Wildman–Crippen MR) is 70.7 cm³/mol. The third-order valence-corrected chi connectivity index (χ3v) is 4.76. The number of rotatable bonds is 1. The lowest BCUT2D eigenvalue weighted by Crippen LogP contribution is -2.41. The zero-order valence-electron chi connectivity index (χ0n) is 10.7. The van der Waals surface area contributed by atoms with E-state index in [0.717, 1.165) is 0 Å². The van der Waals surface area contributed by atoms with Crippen LogP contribution in [0.2, 0.25) is 0 Å². The van der Waals surface area contributed by atoms with Gasteiger partial charge >= 0.3 is 7.12 Å². The fourth-order valence-corrected chi connectivity index (χ4v) is 2.97. The summed E-state index contributed by atoms with van der Waals surface area (Å²) in [6.45, 7) is 8.40. The molecule has 2 fully saturated rings. The maximum absolute atomic E-state index is 5.96. The van der Waals surface area contributed by atoms with Gasteiger partial charge < -0.3 is 9.31 Å². The van der Waals surface area contributed by atoms with Gasteiger partial charge in [0.15, 0.2) is 0 Å². The van der Waals surface area contributed by atoms with Gasteiger partial charge in [0.25, 0.3) is 0 Å². The van der Waals surface area contributed by atoms with Gasteiger partial charge in [-0.3, -0.25) is 0 Å². The third-order valence-electron chi connectivity index (χ3n) is 3.78. The van der Waals surface area contributed by atoms with E-state index in [4.69, 9.17) is 9.31 Å². The van der Waals surface area contributed by atoms with Crippen LogP contribution in [0.1, 0.15) is 40.5 Å². The van der Waals surface area contributed by atoms with E-state index in [0.29, 0.717) is 0 Å². The van der Waals surface area contributed by atoms with Crippen molar-refractivity contribution >= 4 is 18.9 Å². The third kappa shape index (κ3) is 2.49. The second-order valence-corrected chi connectivity index (χ2v) is 6.79. The highest BCUT2D eigenvalue weighted by Gasteiger charge is 2.50. The molecule has 2 nitrogen and oxygen atoms in total. The lowest BCUT2D eigenvalue weighted by molar-refractivity contribution is 0.00578. The van der Waals surface area contributed by atoms with Crippen molar-refractivity contribution in [2.24, 2.45) is 0 Å². The SMILES string of the molecule is CC1(C)OB(C=C2CCSCC2)OC1(C)C. The van der Waals surface area contributed by atoms with Gasteiger partial charge in [0.05, 0.1) is 11.2 Å². The van der Waals surface area contributed by atoms with E-state index in [1.54, 1.807) is 0 Å². The fraction of sp³-hybridized carbons (Fsp3) is 0.833. The highest BCUT2D eigenvalue weighted by Crippen LogP contribution is 2.37. The summed E-state index contributed by atoms with van der Waals surface area (Å²) in [7, 11) is -0.150. The van der Waals surface area contributed by atoms with Crippen LogP contribution in [-0.2, 0) is 9.31 Å². The predicted octanol–water partition coefficient (Wildman–Crippen LogP) is 3.07. The van der Waals surface area contributed by atoms with Crippen LogP contribution < -0.4 is 0 Å². The Labute approximate surface area is 103 Å². The molecule has 0 aromatic carbocycles. The summed E-state index contributed by atoms with van der Waals surface area (Å²) in [4.78, 5) is 0. The molecule has 0 saturated carbocycles. The van der Waals surface area contributed by atoms with Crippen molar-refractivity contribution in [1.82, 2.24) is 0 Å². The number of allylic oxidation sites excluding steroid dienone is 1. The lowest BCUT2D eigenvalue weighted by Gasteiger charge is -2.32. The van der Waals surface area contributed by atoms with Crippen molar-refractivity contribution in [2.75, 3.05) is 11.5 Å². The van der Waals surface area contributed by atoms with E-state index in [2.05, 4.69) is 33.7 Å². The molecule has 2 aliphatic heterocycles. The summed E-state index contributed by atoms with van der Waals surface area (Å²) < 4.78 is 11.9. The van der Waals surface area contributed by atoms with E-state index in [9.17, 15) is 0 Å². The highest BCUT2D eigenvalue weighted by molar-refractivity contribution is 7.99.